The quantitative estimate of drug-likeness (QED) is 0.794. The molecule has 0 atom stereocenters. The van der Waals surface area contributed by atoms with E-state index in [1.54, 1.807) is 0 Å². The molecule has 15 heavy (non-hydrogen) atoms. The maximum atomic E-state index is 11.4. The van der Waals surface area contributed by atoms with Gasteiger partial charge < -0.3 is 0 Å². The van der Waals surface area contributed by atoms with Gasteiger partial charge in [-0.05, 0) is 18.1 Å². The molecule has 0 saturated carbocycles. The normalized spacial score (nSPS) is 10.4. The van der Waals surface area contributed by atoms with Crippen LogP contribution in [-0.2, 0) is 4.84 Å². The fraction of sp³-hybridized carbons (Fsp3) is 0.444. The molecule has 0 saturated heterocycles. The third kappa shape index (κ3) is 4.22. The molecular formula is C9H12ClN3O2. The summed E-state index contributed by atoms with van der Waals surface area (Å²) in [4.78, 5) is 16.3. The first-order chi connectivity index (χ1) is 7.09. The van der Waals surface area contributed by atoms with E-state index < -0.39 is 5.91 Å². The van der Waals surface area contributed by atoms with E-state index in [0.29, 0.717) is 12.5 Å². The maximum absolute atomic E-state index is 11.4. The Morgan fingerprint density at radius 2 is 2.27 bits per heavy atom. The minimum absolute atomic E-state index is 0.170. The Morgan fingerprint density at radius 3 is 2.80 bits per heavy atom. The van der Waals surface area contributed by atoms with Crippen molar-refractivity contribution in [3.63, 3.8) is 0 Å². The van der Waals surface area contributed by atoms with Crippen molar-refractivity contribution in [2.75, 3.05) is 6.61 Å². The molecule has 1 aromatic heterocycles. The van der Waals surface area contributed by atoms with Crippen molar-refractivity contribution in [1.29, 1.82) is 0 Å². The number of carbonyl (C=O) groups is 1. The second-order valence-electron chi connectivity index (χ2n) is 3.38. The predicted molar refractivity (Wildman–Crippen MR) is 55.3 cm³/mol. The average molecular weight is 230 g/mol. The number of hydrogen-bond donors (Lipinski definition) is 1. The van der Waals surface area contributed by atoms with Crippen LogP contribution in [0.4, 0.5) is 0 Å². The number of carbonyl (C=O) groups excluding carboxylic acids is 1. The van der Waals surface area contributed by atoms with Gasteiger partial charge in [0.25, 0.3) is 5.91 Å². The number of aromatic nitrogens is 2. The van der Waals surface area contributed by atoms with E-state index >= 15 is 0 Å². The predicted octanol–water partition coefficient (Wildman–Crippen LogP) is 1.45. The van der Waals surface area contributed by atoms with Crippen molar-refractivity contribution in [2.24, 2.45) is 5.92 Å². The molecule has 5 nitrogen and oxygen atoms in total. The number of amides is 1. The molecule has 0 aliphatic heterocycles. The van der Waals surface area contributed by atoms with Crippen molar-refractivity contribution >= 4 is 17.5 Å². The molecule has 0 fully saturated rings. The highest BCUT2D eigenvalue weighted by Crippen LogP contribution is 2.01. The van der Waals surface area contributed by atoms with Crippen LogP contribution in [0.25, 0.3) is 0 Å². The molecule has 82 valence electrons. The van der Waals surface area contributed by atoms with Gasteiger partial charge in [-0.25, -0.2) is 5.48 Å². The number of rotatable bonds is 4. The SMILES string of the molecule is CC(C)CONC(=O)c1ccc(Cl)nn1. The summed E-state index contributed by atoms with van der Waals surface area (Å²) in [6, 6.07) is 2.97. The summed E-state index contributed by atoms with van der Waals surface area (Å²) in [6.45, 7) is 4.41. The van der Waals surface area contributed by atoms with Crippen LogP contribution < -0.4 is 5.48 Å². The minimum Gasteiger partial charge on any atom is -0.273 e. The second-order valence-corrected chi connectivity index (χ2v) is 3.76. The molecule has 0 aromatic carbocycles. The average Bonchev–Trinajstić information content (AvgIpc) is 2.18. The fourth-order valence-corrected chi connectivity index (χ4v) is 0.864. The van der Waals surface area contributed by atoms with E-state index in [2.05, 4.69) is 15.7 Å². The van der Waals surface area contributed by atoms with Gasteiger partial charge in [-0.1, -0.05) is 25.4 Å². The summed E-state index contributed by atoms with van der Waals surface area (Å²) < 4.78 is 0. The topological polar surface area (TPSA) is 64.1 Å². The largest absolute Gasteiger partial charge is 0.295 e. The molecule has 0 unspecified atom stereocenters. The Kier molecular flexibility index (Phi) is 4.45. The lowest BCUT2D eigenvalue weighted by Gasteiger charge is -2.06. The first-order valence-electron chi connectivity index (χ1n) is 4.51. The van der Waals surface area contributed by atoms with Crippen molar-refractivity contribution < 1.29 is 9.63 Å². The van der Waals surface area contributed by atoms with Crippen LogP contribution in [0.15, 0.2) is 12.1 Å². The molecule has 1 aromatic rings. The minimum atomic E-state index is -0.431. The Labute approximate surface area is 92.7 Å². The Balaban J connectivity index is 2.43. The third-order valence-corrected chi connectivity index (χ3v) is 1.65. The van der Waals surface area contributed by atoms with Crippen LogP contribution in [0.3, 0.4) is 0 Å². The third-order valence-electron chi connectivity index (χ3n) is 1.45. The van der Waals surface area contributed by atoms with Crippen molar-refractivity contribution in [1.82, 2.24) is 15.7 Å². The molecule has 1 heterocycles. The van der Waals surface area contributed by atoms with Gasteiger partial charge in [0.1, 0.15) is 0 Å². The summed E-state index contributed by atoms with van der Waals surface area (Å²) >= 11 is 5.53. The van der Waals surface area contributed by atoms with E-state index in [4.69, 9.17) is 16.4 Å². The Morgan fingerprint density at radius 1 is 1.53 bits per heavy atom. The lowest BCUT2D eigenvalue weighted by molar-refractivity contribution is 0.0204. The van der Waals surface area contributed by atoms with E-state index in [-0.39, 0.29) is 10.8 Å². The molecule has 0 aliphatic carbocycles. The summed E-state index contributed by atoms with van der Waals surface area (Å²) in [6.07, 6.45) is 0. The van der Waals surface area contributed by atoms with Gasteiger partial charge in [-0.3, -0.25) is 9.63 Å². The zero-order valence-corrected chi connectivity index (χ0v) is 9.28. The molecule has 0 radical (unpaired) electrons. The van der Waals surface area contributed by atoms with Crippen molar-refractivity contribution in [2.45, 2.75) is 13.8 Å². The van der Waals surface area contributed by atoms with Crippen LogP contribution in [0, 0.1) is 5.92 Å². The first-order valence-corrected chi connectivity index (χ1v) is 4.88. The Bertz CT molecular complexity index is 327. The first kappa shape index (κ1) is 11.9. The summed E-state index contributed by atoms with van der Waals surface area (Å²) in [7, 11) is 0. The zero-order chi connectivity index (χ0) is 11.3. The molecule has 1 rings (SSSR count). The molecule has 1 amide bonds. The number of nitrogens with zero attached hydrogens (tertiary/aromatic N) is 2. The van der Waals surface area contributed by atoms with Gasteiger partial charge in [-0.2, -0.15) is 0 Å². The fourth-order valence-electron chi connectivity index (χ4n) is 0.763. The van der Waals surface area contributed by atoms with E-state index in [1.165, 1.54) is 12.1 Å². The van der Waals surface area contributed by atoms with Crippen LogP contribution in [0.1, 0.15) is 24.3 Å². The Hall–Kier alpha value is -1.20. The van der Waals surface area contributed by atoms with Gasteiger partial charge in [-0.15, -0.1) is 10.2 Å². The van der Waals surface area contributed by atoms with Crippen molar-refractivity contribution in [3.8, 4) is 0 Å². The number of halogens is 1. The summed E-state index contributed by atoms with van der Waals surface area (Å²) in [5.74, 6) is -0.0820. The highest BCUT2D eigenvalue weighted by molar-refractivity contribution is 6.29. The number of nitrogens with one attached hydrogen (secondary N) is 1. The highest BCUT2D eigenvalue weighted by atomic mass is 35.5. The molecule has 0 aliphatic rings. The maximum Gasteiger partial charge on any atom is 0.295 e. The molecule has 6 heteroatoms. The lowest BCUT2D eigenvalue weighted by atomic mass is 10.2. The van der Waals surface area contributed by atoms with Gasteiger partial charge in [0.2, 0.25) is 0 Å². The van der Waals surface area contributed by atoms with E-state index in [9.17, 15) is 4.79 Å². The smallest absolute Gasteiger partial charge is 0.273 e. The standard InChI is InChI=1S/C9H12ClN3O2/c1-6(2)5-15-13-9(14)7-3-4-8(10)12-11-7/h3-4,6H,5H2,1-2H3,(H,13,14). The number of hydrogen-bond acceptors (Lipinski definition) is 4. The van der Waals surface area contributed by atoms with Crippen LogP contribution >= 0.6 is 11.6 Å². The van der Waals surface area contributed by atoms with Gasteiger partial charge in [0.15, 0.2) is 10.8 Å². The molecule has 0 bridgehead atoms. The van der Waals surface area contributed by atoms with Gasteiger partial charge >= 0.3 is 0 Å². The summed E-state index contributed by atoms with van der Waals surface area (Å²) in [5.41, 5.74) is 2.43. The van der Waals surface area contributed by atoms with Crippen LogP contribution in [-0.4, -0.2) is 22.7 Å². The van der Waals surface area contributed by atoms with Crippen LogP contribution in [0.2, 0.25) is 5.15 Å². The highest BCUT2D eigenvalue weighted by Gasteiger charge is 2.07. The summed E-state index contributed by atoms with van der Waals surface area (Å²) in [5, 5.41) is 7.39. The molecule has 0 spiro atoms. The van der Waals surface area contributed by atoms with Gasteiger partial charge in [0, 0.05) is 0 Å². The monoisotopic (exact) mass is 229 g/mol. The molecule has 1 N–H and O–H groups in total. The van der Waals surface area contributed by atoms with Crippen molar-refractivity contribution in [3.05, 3.63) is 23.0 Å². The number of hydroxylamine groups is 1. The van der Waals surface area contributed by atoms with E-state index in [0.717, 1.165) is 0 Å². The molecular weight excluding hydrogens is 218 g/mol. The zero-order valence-electron chi connectivity index (χ0n) is 8.53. The van der Waals surface area contributed by atoms with Crippen LogP contribution in [0.5, 0.6) is 0 Å². The lowest BCUT2D eigenvalue weighted by Crippen LogP contribution is -2.26. The second kappa shape index (κ2) is 5.63. The van der Waals surface area contributed by atoms with E-state index in [1.807, 2.05) is 13.8 Å². The van der Waals surface area contributed by atoms with Gasteiger partial charge in [0.05, 0.1) is 6.61 Å².